The van der Waals surface area contributed by atoms with Crippen LogP contribution in [0, 0.1) is 6.92 Å². The molecule has 0 bridgehead atoms. The average molecular weight is 299 g/mol. The number of hydrogen-bond donors (Lipinski definition) is 1. The molecule has 1 aromatic heterocycles. The zero-order chi connectivity index (χ0) is 16.1. The van der Waals surface area contributed by atoms with Gasteiger partial charge in [-0.3, -0.25) is 9.78 Å². The second kappa shape index (κ2) is 7.02. The van der Waals surface area contributed by atoms with E-state index in [1.807, 2.05) is 52.0 Å². The topological polar surface area (TPSA) is 64.1 Å². The van der Waals surface area contributed by atoms with E-state index in [-0.39, 0.29) is 18.1 Å². The molecule has 0 fully saturated rings. The van der Waals surface area contributed by atoms with Crippen LogP contribution in [0.2, 0.25) is 0 Å². The number of aromatic nitrogens is 2. The summed E-state index contributed by atoms with van der Waals surface area (Å²) in [5.41, 5.74) is 2.02. The summed E-state index contributed by atoms with van der Waals surface area (Å²) in [6.45, 7) is 7.70. The number of nitrogens with one attached hydrogen (secondary N) is 1. The van der Waals surface area contributed by atoms with Crippen molar-refractivity contribution in [2.75, 3.05) is 0 Å². The Morgan fingerprint density at radius 3 is 2.50 bits per heavy atom. The number of amides is 1. The molecule has 5 nitrogen and oxygen atoms in total. The highest BCUT2D eigenvalue weighted by atomic mass is 16.5. The Hall–Kier alpha value is -2.43. The Kier molecular flexibility index (Phi) is 5.09. The smallest absolute Gasteiger partial charge is 0.271 e. The second-order valence-corrected chi connectivity index (χ2v) is 5.44. The molecule has 2 rings (SSSR count). The van der Waals surface area contributed by atoms with Crippen LogP contribution in [0.15, 0.2) is 36.7 Å². The molecule has 1 aromatic carbocycles. The predicted molar refractivity (Wildman–Crippen MR) is 84.9 cm³/mol. The lowest BCUT2D eigenvalue weighted by atomic mass is 10.1. The van der Waals surface area contributed by atoms with Gasteiger partial charge in [-0.2, -0.15) is 0 Å². The second-order valence-electron chi connectivity index (χ2n) is 5.44. The highest BCUT2D eigenvalue weighted by Gasteiger charge is 2.16. The van der Waals surface area contributed by atoms with Gasteiger partial charge in [0, 0.05) is 11.8 Å². The van der Waals surface area contributed by atoms with Crippen molar-refractivity contribution in [2.24, 2.45) is 0 Å². The van der Waals surface area contributed by atoms with Crippen LogP contribution in [-0.4, -0.2) is 22.0 Å². The highest BCUT2D eigenvalue weighted by Crippen LogP contribution is 2.25. The summed E-state index contributed by atoms with van der Waals surface area (Å²) in [6.07, 6.45) is 3.13. The van der Waals surface area contributed by atoms with Crippen LogP contribution in [0.3, 0.4) is 0 Å². The zero-order valence-electron chi connectivity index (χ0n) is 13.3. The largest absolute Gasteiger partial charge is 0.491 e. The standard InChI is InChI=1S/C17H21N3O2/c1-11(2)22-16-8-6-5-7-14(16)13(4)20-17(21)15-10-18-12(3)9-19-15/h5-11,13H,1-4H3,(H,20,21)/t13-/m1/s1. The molecular formula is C17H21N3O2. The third kappa shape index (κ3) is 4.04. The third-order valence-corrected chi connectivity index (χ3v) is 3.11. The van der Waals surface area contributed by atoms with Crippen molar-refractivity contribution in [1.29, 1.82) is 0 Å². The normalized spacial score (nSPS) is 12.0. The Morgan fingerprint density at radius 2 is 1.86 bits per heavy atom. The fraction of sp³-hybridized carbons (Fsp3) is 0.353. The van der Waals surface area contributed by atoms with E-state index in [4.69, 9.17) is 4.74 Å². The first-order chi connectivity index (χ1) is 10.5. The number of para-hydroxylation sites is 1. The van der Waals surface area contributed by atoms with E-state index in [0.29, 0.717) is 5.69 Å². The van der Waals surface area contributed by atoms with Gasteiger partial charge in [0.2, 0.25) is 0 Å². The van der Waals surface area contributed by atoms with Gasteiger partial charge in [-0.25, -0.2) is 4.98 Å². The van der Waals surface area contributed by atoms with Crippen molar-refractivity contribution in [2.45, 2.75) is 39.8 Å². The van der Waals surface area contributed by atoms with Crippen LogP contribution in [0.25, 0.3) is 0 Å². The van der Waals surface area contributed by atoms with Crippen LogP contribution in [0.4, 0.5) is 0 Å². The number of nitrogens with zero attached hydrogens (tertiary/aromatic N) is 2. The van der Waals surface area contributed by atoms with Gasteiger partial charge in [0.1, 0.15) is 11.4 Å². The van der Waals surface area contributed by atoms with E-state index in [0.717, 1.165) is 17.0 Å². The summed E-state index contributed by atoms with van der Waals surface area (Å²) < 4.78 is 5.79. The molecule has 116 valence electrons. The first kappa shape index (κ1) is 15.9. The molecule has 0 unspecified atom stereocenters. The summed E-state index contributed by atoms with van der Waals surface area (Å²) in [6, 6.07) is 7.51. The van der Waals surface area contributed by atoms with E-state index in [1.54, 1.807) is 6.20 Å². The SMILES string of the molecule is Cc1cnc(C(=O)N[C@H](C)c2ccccc2OC(C)C)cn1. The van der Waals surface area contributed by atoms with Gasteiger partial charge < -0.3 is 10.1 Å². The minimum Gasteiger partial charge on any atom is -0.491 e. The number of carbonyl (C=O) groups excluding carboxylic acids is 1. The van der Waals surface area contributed by atoms with E-state index in [2.05, 4.69) is 15.3 Å². The summed E-state index contributed by atoms with van der Waals surface area (Å²) in [4.78, 5) is 20.4. The van der Waals surface area contributed by atoms with Crippen molar-refractivity contribution in [3.8, 4) is 5.75 Å². The molecule has 0 spiro atoms. The fourth-order valence-corrected chi connectivity index (χ4v) is 2.06. The lowest BCUT2D eigenvalue weighted by Crippen LogP contribution is -2.28. The van der Waals surface area contributed by atoms with Gasteiger partial charge in [-0.1, -0.05) is 18.2 Å². The minimum atomic E-state index is -0.251. The van der Waals surface area contributed by atoms with E-state index in [9.17, 15) is 4.79 Å². The monoisotopic (exact) mass is 299 g/mol. The predicted octanol–water partition coefficient (Wildman–Crippen LogP) is 3.06. The molecule has 2 aromatic rings. The lowest BCUT2D eigenvalue weighted by molar-refractivity contribution is 0.0933. The first-order valence-electron chi connectivity index (χ1n) is 7.32. The zero-order valence-corrected chi connectivity index (χ0v) is 13.3. The number of carbonyl (C=O) groups is 1. The molecule has 1 atom stereocenters. The maximum Gasteiger partial charge on any atom is 0.271 e. The molecular weight excluding hydrogens is 278 g/mol. The summed E-state index contributed by atoms with van der Waals surface area (Å²) in [5, 5.41) is 2.92. The maximum absolute atomic E-state index is 12.2. The number of ether oxygens (including phenoxy) is 1. The van der Waals surface area contributed by atoms with Crippen molar-refractivity contribution < 1.29 is 9.53 Å². The van der Waals surface area contributed by atoms with Gasteiger partial charge in [-0.05, 0) is 33.8 Å². The van der Waals surface area contributed by atoms with Crippen molar-refractivity contribution >= 4 is 5.91 Å². The molecule has 1 amide bonds. The molecule has 0 aliphatic carbocycles. The average Bonchev–Trinajstić information content (AvgIpc) is 2.47. The summed E-state index contributed by atoms with van der Waals surface area (Å²) >= 11 is 0. The fourth-order valence-electron chi connectivity index (χ4n) is 2.06. The van der Waals surface area contributed by atoms with Crippen LogP contribution < -0.4 is 10.1 Å². The Labute approximate surface area is 130 Å². The quantitative estimate of drug-likeness (QED) is 0.921. The Bertz CT molecular complexity index is 639. The number of aryl methyl sites for hydroxylation is 1. The molecule has 0 aliphatic rings. The molecule has 1 heterocycles. The van der Waals surface area contributed by atoms with Gasteiger partial charge in [0.15, 0.2) is 0 Å². The molecule has 0 aliphatic heterocycles. The molecule has 0 radical (unpaired) electrons. The van der Waals surface area contributed by atoms with E-state index < -0.39 is 0 Å². The van der Waals surface area contributed by atoms with Crippen LogP contribution in [-0.2, 0) is 0 Å². The Balaban J connectivity index is 2.13. The van der Waals surface area contributed by atoms with Gasteiger partial charge >= 0.3 is 0 Å². The van der Waals surface area contributed by atoms with Gasteiger partial charge in [0.05, 0.1) is 24.0 Å². The van der Waals surface area contributed by atoms with E-state index in [1.165, 1.54) is 6.20 Å². The first-order valence-corrected chi connectivity index (χ1v) is 7.32. The molecule has 0 saturated carbocycles. The third-order valence-electron chi connectivity index (χ3n) is 3.11. The van der Waals surface area contributed by atoms with Crippen LogP contribution >= 0.6 is 0 Å². The molecule has 22 heavy (non-hydrogen) atoms. The summed E-state index contributed by atoms with van der Waals surface area (Å²) in [7, 11) is 0. The maximum atomic E-state index is 12.2. The minimum absolute atomic E-state index is 0.0759. The van der Waals surface area contributed by atoms with Crippen molar-refractivity contribution in [3.63, 3.8) is 0 Å². The summed E-state index contributed by atoms with van der Waals surface area (Å²) in [5.74, 6) is 0.527. The van der Waals surface area contributed by atoms with Crippen molar-refractivity contribution in [3.05, 3.63) is 53.6 Å². The lowest BCUT2D eigenvalue weighted by Gasteiger charge is -2.19. The van der Waals surface area contributed by atoms with Crippen LogP contribution in [0.5, 0.6) is 5.75 Å². The number of rotatable bonds is 5. The van der Waals surface area contributed by atoms with Crippen LogP contribution in [0.1, 0.15) is 48.6 Å². The van der Waals surface area contributed by atoms with E-state index >= 15 is 0 Å². The number of hydrogen-bond acceptors (Lipinski definition) is 4. The van der Waals surface area contributed by atoms with Crippen molar-refractivity contribution in [1.82, 2.24) is 15.3 Å². The van der Waals surface area contributed by atoms with Gasteiger partial charge in [0.25, 0.3) is 5.91 Å². The molecule has 1 N–H and O–H groups in total. The highest BCUT2D eigenvalue weighted by molar-refractivity contribution is 5.92. The number of benzene rings is 1. The molecule has 5 heteroatoms. The molecule has 0 saturated heterocycles. The Morgan fingerprint density at radius 1 is 1.14 bits per heavy atom. The van der Waals surface area contributed by atoms with Gasteiger partial charge in [-0.15, -0.1) is 0 Å².